The van der Waals surface area contributed by atoms with Crippen molar-refractivity contribution in [3.8, 4) is 0 Å². The van der Waals surface area contributed by atoms with Crippen molar-refractivity contribution < 1.29 is 9.53 Å². The van der Waals surface area contributed by atoms with Crippen LogP contribution in [0.5, 0.6) is 0 Å². The van der Waals surface area contributed by atoms with Crippen LogP contribution in [0.2, 0.25) is 0 Å². The van der Waals surface area contributed by atoms with Gasteiger partial charge in [0, 0.05) is 36.6 Å². The van der Waals surface area contributed by atoms with Crippen LogP contribution in [0.15, 0.2) is 5.38 Å². The number of aromatic nitrogens is 1. The van der Waals surface area contributed by atoms with E-state index in [0.717, 1.165) is 36.6 Å². The molecule has 2 rings (SSSR count). The number of amides is 1. The van der Waals surface area contributed by atoms with Gasteiger partial charge >= 0.3 is 6.09 Å². The van der Waals surface area contributed by atoms with Crippen LogP contribution in [0.25, 0.3) is 0 Å². The molecule has 0 saturated carbocycles. The first-order valence-electron chi connectivity index (χ1n) is 7.84. The maximum Gasteiger partial charge on any atom is 0.410 e. The number of thiazole rings is 1. The molecule has 0 bridgehead atoms. The predicted octanol–water partition coefficient (Wildman–Crippen LogP) is 2.84. The lowest BCUT2D eigenvalue weighted by molar-refractivity contribution is 0.0285. The summed E-state index contributed by atoms with van der Waals surface area (Å²) in [5.41, 5.74) is 0.646. The highest BCUT2D eigenvalue weighted by Gasteiger charge is 2.33. The van der Waals surface area contributed by atoms with Crippen LogP contribution in [-0.2, 0) is 11.2 Å². The van der Waals surface area contributed by atoms with Gasteiger partial charge in [-0.3, -0.25) is 0 Å². The first-order chi connectivity index (χ1) is 10.3. The van der Waals surface area contributed by atoms with Crippen molar-refractivity contribution in [2.45, 2.75) is 52.2 Å². The maximum absolute atomic E-state index is 12.2. The van der Waals surface area contributed by atoms with Gasteiger partial charge in [0.1, 0.15) is 5.60 Å². The van der Waals surface area contributed by atoms with Gasteiger partial charge in [-0.1, -0.05) is 0 Å². The van der Waals surface area contributed by atoms with Crippen molar-refractivity contribution in [3.05, 3.63) is 16.1 Å². The molecule has 5 nitrogen and oxygen atoms in total. The summed E-state index contributed by atoms with van der Waals surface area (Å²) in [6.07, 6.45) is 1.73. The standard InChI is InChI=1S/C16H27N3O2S/c1-11-10-22-14(18-11)8-13(17-5)12-6-7-19(9-12)15(20)21-16(2,3)4/h10,12-13,17H,6-9H2,1-5H3. The van der Waals surface area contributed by atoms with Gasteiger partial charge in [-0.2, -0.15) is 0 Å². The molecule has 2 atom stereocenters. The summed E-state index contributed by atoms with van der Waals surface area (Å²) in [5.74, 6) is 0.446. The topological polar surface area (TPSA) is 54.5 Å². The van der Waals surface area contributed by atoms with Crippen LogP contribution in [0.3, 0.4) is 0 Å². The van der Waals surface area contributed by atoms with E-state index in [1.54, 1.807) is 11.3 Å². The number of nitrogens with one attached hydrogen (secondary N) is 1. The Morgan fingerprint density at radius 2 is 2.32 bits per heavy atom. The smallest absolute Gasteiger partial charge is 0.410 e. The molecule has 0 aromatic carbocycles. The van der Waals surface area contributed by atoms with E-state index in [9.17, 15) is 4.79 Å². The molecular weight excluding hydrogens is 298 g/mol. The van der Waals surface area contributed by atoms with Crippen LogP contribution < -0.4 is 5.32 Å². The molecule has 0 aliphatic carbocycles. The highest BCUT2D eigenvalue weighted by Crippen LogP contribution is 2.24. The van der Waals surface area contributed by atoms with E-state index in [4.69, 9.17) is 4.74 Å². The SMILES string of the molecule is CNC(Cc1nc(C)cs1)C1CCN(C(=O)OC(C)(C)C)C1. The average Bonchev–Trinajstić information content (AvgIpc) is 3.03. The first-order valence-corrected chi connectivity index (χ1v) is 8.72. The van der Waals surface area contributed by atoms with E-state index in [2.05, 4.69) is 15.7 Å². The molecule has 1 amide bonds. The Bertz CT molecular complexity index is 510. The third-order valence-corrected chi connectivity index (χ3v) is 4.87. The number of likely N-dealkylation sites (tertiary alicyclic amines) is 1. The molecule has 1 fully saturated rings. The number of rotatable bonds is 4. The number of likely N-dealkylation sites (N-methyl/N-ethyl adjacent to an activating group) is 1. The number of carbonyl (C=O) groups excluding carboxylic acids is 1. The number of aryl methyl sites for hydroxylation is 1. The monoisotopic (exact) mass is 325 g/mol. The van der Waals surface area contributed by atoms with Gasteiger partial charge in [0.05, 0.1) is 5.01 Å². The zero-order chi connectivity index (χ0) is 16.3. The molecule has 1 aliphatic heterocycles. The van der Waals surface area contributed by atoms with Crippen LogP contribution in [0.1, 0.15) is 37.9 Å². The molecule has 1 saturated heterocycles. The molecule has 0 spiro atoms. The largest absolute Gasteiger partial charge is 0.444 e. The minimum absolute atomic E-state index is 0.199. The Kier molecular flexibility index (Phi) is 5.45. The Balaban J connectivity index is 1.91. The fourth-order valence-electron chi connectivity index (χ4n) is 2.80. The van der Waals surface area contributed by atoms with Gasteiger partial charge in [0.25, 0.3) is 0 Å². The van der Waals surface area contributed by atoms with Crippen molar-refractivity contribution in [3.63, 3.8) is 0 Å². The number of hydrogen-bond donors (Lipinski definition) is 1. The second-order valence-corrected chi connectivity index (χ2v) is 7.90. The van der Waals surface area contributed by atoms with E-state index in [1.807, 2.05) is 39.6 Å². The summed E-state index contributed by atoms with van der Waals surface area (Å²) in [7, 11) is 1.99. The summed E-state index contributed by atoms with van der Waals surface area (Å²) >= 11 is 1.71. The van der Waals surface area contributed by atoms with Crippen molar-refractivity contribution in [2.75, 3.05) is 20.1 Å². The Morgan fingerprint density at radius 3 is 2.86 bits per heavy atom. The highest BCUT2D eigenvalue weighted by atomic mass is 32.1. The lowest BCUT2D eigenvalue weighted by Crippen LogP contribution is -2.39. The summed E-state index contributed by atoms with van der Waals surface area (Å²) in [6, 6.07) is 0.345. The summed E-state index contributed by atoms with van der Waals surface area (Å²) in [5, 5.41) is 6.64. The molecule has 124 valence electrons. The lowest BCUT2D eigenvalue weighted by atomic mass is 9.96. The molecule has 2 heterocycles. The second-order valence-electron chi connectivity index (χ2n) is 6.96. The Morgan fingerprint density at radius 1 is 1.59 bits per heavy atom. The van der Waals surface area contributed by atoms with Crippen LogP contribution in [-0.4, -0.2) is 47.8 Å². The number of ether oxygens (including phenoxy) is 1. The van der Waals surface area contributed by atoms with Gasteiger partial charge in [-0.25, -0.2) is 9.78 Å². The van der Waals surface area contributed by atoms with Crippen LogP contribution >= 0.6 is 11.3 Å². The summed E-state index contributed by atoms with van der Waals surface area (Å²) < 4.78 is 5.46. The van der Waals surface area contributed by atoms with Crippen LogP contribution in [0.4, 0.5) is 4.79 Å². The number of nitrogens with zero attached hydrogens (tertiary/aromatic N) is 2. The van der Waals surface area contributed by atoms with Crippen LogP contribution in [0, 0.1) is 12.8 Å². The fraction of sp³-hybridized carbons (Fsp3) is 0.750. The van der Waals surface area contributed by atoms with Gasteiger partial charge in [-0.15, -0.1) is 11.3 Å². The average molecular weight is 325 g/mol. The van der Waals surface area contributed by atoms with Gasteiger partial charge in [-0.05, 0) is 47.1 Å². The summed E-state index contributed by atoms with van der Waals surface area (Å²) in [6.45, 7) is 9.26. The summed E-state index contributed by atoms with van der Waals surface area (Å²) in [4.78, 5) is 18.5. The van der Waals surface area contributed by atoms with E-state index < -0.39 is 5.60 Å². The van der Waals surface area contributed by atoms with Crippen molar-refractivity contribution >= 4 is 17.4 Å². The number of carbonyl (C=O) groups is 1. The van der Waals surface area contributed by atoms with E-state index >= 15 is 0 Å². The molecule has 6 heteroatoms. The predicted molar refractivity (Wildman–Crippen MR) is 89.3 cm³/mol. The minimum atomic E-state index is -0.435. The molecular formula is C16H27N3O2S. The van der Waals surface area contributed by atoms with Gasteiger partial charge < -0.3 is 15.0 Å². The van der Waals surface area contributed by atoms with Crippen molar-refractivity contribution in [1.82, 2.24) is 15.2 Å². The highest BCUT2D eigenvalue weighted by molar-refractivity contribution is 7.09. The fourth-order valence-corrected chi connectivity index (χ4v) is 3.63. The Hall–Kier alpha value is -1.14. The molecule has 2 unspecified atom stereocenters. The second kappa shape index (κ2) is 6.96. The third kappa shape index (κ3) is 4.68. The lowest BCUT2D eigenvalue weighted by Gasteiger charge is -2.26. The zero-order valence-electron chi connectivity index (χ0n) is 14.2. The van der Waals surface area contributed by atoms with E-state index in [-0.39, 0.29) is 6.09 Å². The zero-order valence-corrected chi connectivity index (χ0v) is 15.0. The number of hydrogen-bond acceptors (Lipinski definition) is 5. The minimum Gasteiger partial charge on any atom is -0.444 e. The van der Waals surface area contributed by atoms with Gasteiger partial charge in [0.15, 0.2) is 0 Å². The normalized spacial score (nSPS) is 20.2. The molecule has 22 heavy (non-hydrogen) atoms. The first kappa shape index (κ1) is 17.2. The van der Waals surface area contributed by atoms with E-state index in [1.165, 1.54) is 0 Å². The molecule has 0 radical (unpaired) electrons. The van der Waals surface area contributed by atoms with E-state index in [0.29, 0.717) is 12.0 Å². The Labute approximate surface area is 137 Å². The molecule has 1 N–H and O–H groups in total. The van der Waals surface area contributed by atoms with Gasteiger partial charge in [0.2, 0.25) is 0 Å². The van der Waals surface area contributed by atoms with Crippen molar-refractivity contribution in [2.24, 2.45) is 5.92 Å². The maximum atomic E-state index is 12.2. The third-order valence-electron chi connectivity index (χ3n) is 3.88. The quantitative estimate of drug-likeness (QED) is 0.925. The molecule has 1 aromatic heterocycles. The molecule has 1 aliphatic rings. The van der Waals surface area contributed by atoms with Crippen molar-refractivity contribution in [1.29, 1.82) is 0 Å². The molecule has 1 aromatic rings.